The molecule has 2 aliphatic rings. The van der Waals surface area contributed by atoms with E-state index in [1.807, 2.05) is 0 Å². The average Bonchev–Trinajstić information content (AvgIpc) is 2.29. The lowest BCUT2D eigenvalue weighted by Gasteiger charge is -2.39. The van der Waals surface area contributed by atoms with Gasteiger partial charge in [-0.1, -0.05) is 0 Å². The number of hydrogen-bond acceptors (Lipinski definition) is 3. The van der Waals surface area contributed by atoms with Gasteiger partial charge in [0.05, 0.1) is 5.92 Å². The molecule has 4 unspecified atom stereocenters. The Hall–Kier alpha value is -0.610. The number of carbonyl (C=O) groups is 1. The number of hydrogen-bond donors (Lipinski definition) is 3. The monoisotopic (exact) mass is 226 g/mol. The number of piperidine rings is 2. The maximum Gasteiger partial charge on any atom is 0.306 e. The second kappa shape index (κ2) is 5.15. The predicted octanol–water partition coefficient (Wildman–Crippen LogP) is 0.827. The molecule has 4 nitrogen and oxygen atoms in total. The van der Waals surface area contributed by atoms with Gasteiger partial charge in [-0.3, -0.25) is 4.79 Å². The zero-order chi connectivity index (χ0) is 11.5. The lowest BCUT2D eigenvalue weighted by Crippen LogP contribution is -2.52. The van der Waals surface area contributed by atoms with Gasteiger partial charge in [0.25, 0.3) is 0 Å². The van der Waals surface area contributed by atoms with Crippen LogP contribution in [0.15, 0.2) is 0 Å². The molecule has 0 aromatic carbocycles. The smallest absolute Gasteiger partial charge is 0.306 e. The van der Waals surface area contributed by atoms with E-state index in [1.165, 1.54) is 12.8 Å². The highest BCUT2D eigenvalue weighted by Crippen LogP contribution is 2.27. The molecule has 0 radical (unpaired) electrons. The molecule has 0 amide bonds. The van der Waals surface area contributed by atoms with Gasteiger partial charge in [-0.2, -0.15) is 0 Å². The molecule has 92 valence electrons. The van der Waals surface area contributed by atoms with Crippen molar-refractivity contribution in [2.75, 3.05) is 13.1 Å². The lowest BCUT2D eigenvalue weighted by atomic mass is 9.80. The number of nitrogens with one attached hydrogen (secondary N) is 2. The van der Waals surface area contributed by atoms with Gasteiger partial charge in [-0.05, 0) is 51.6 Å². The predicted molar refractivity (Wildman–Crippen MR) is 62.3 cm³/mol. The van der Waals surface area contributed by atoms with Crippen LogP contribution in [0.5, 0.6) is 0 Å². The van der Waals surface area contributed by atoms with Gasteiger partial charge in [0.15, 0.2) is 0 Å². The Bertz CT molecular complexity index is 251. The summed E-state index contributed by atoms with van der Waals surface area (Å²) in [7, 11) is 0. The molecule has 2 rings (SSSR count). The van der Waals surface area contributed by atoms with E-state index in [0.717, 1.165) is 25.9 Å². The summed E-state index contributed by atoms with van der Waals surface area (Å²) < 4.78 is 0. The summed E-state index contributed by atoms with van der Waals surface area (Å²) in [4.78, 5) is 11.1. The molecule has 2 heterocycles. The van der Waals surface area contributed by atoms with E-state index >= 15 is 0 Å². The molecule has 0 aromatic rings. The maximum absolute atomic E-state index is 11.1. The first-order chi connectivity index (χ1) is 7.66. The molecule has 4 atom stereocenters. The topological polar surface area (TPSA) is 61.4 Å². The number of carboxylic acids is 1. The minimum atomic E-state index is -0.623. The molecular formula is C12H22N2O2. The molecule has 16 heavy (non-hydrogen) atoms. The highest BCUT2D eigenvalue weighted by molar-refractivity contribution is 5.70. The summed E-state index contributed by atoms with van der Waals surface area (Å²) in [6.07, 6.45) is 4.01. The van der Waals surface area contributed by atoms with E-state index in [2.05, 4.69) is 17.6 Å². The van der Waals surface area contributed by atoms with Crippen LogP contribution in [0.25, 0.3) is 0 Å². The molecule has 2 aliphatic heterocycles. The third-order valence-electron chi connectivity index (χ3n) is 3.93. The molecule has 0 saturated carbocycles. The van der Waals surface area contributed by atoms with Crippen molar-refractivity contribution in [3.63, 3.8) is 0 Å². The first-order valence-corrected chi connectivity index (χ1v) is 6.36. The van der Waals surface area contributed by atoms with Crippen molar-refractivity contribution in [2.24, 2.45) is 11.8 Å². The Morgan fingerprint density at radius 1 is 1.38 bits per heavy atom. The van der Waals surface area contributed by atoms with Crippen LogP contribution in [-0.4, -0.2) is 36.2 Å². The van der Waals surface area contributed by atoms with Gasteiger partial charge < -0.3 is 15.7 Å². The minimum Gasteiger partial charge on any atom is -0.481 e. The van der Waals surface area contributed by atoms with Gasteiger partial charge in [0.1, 0.15) is 0 Å². The van der Waals surface area contributed by atoms with E-state index in [9.17, 15) is 4.79 Å². The van der Waals surface area contributed by atoms with Gasteiger partial charge >= 0.3 is 5.97 Å². The summed E-state index contributed by atoms with van der Waals surface area (Å²) in [6.45, 7) is 4.25. The first-order valence-electron chi connectivity index (χ1n) is 6.36. The SMILES string of the molecule is CC1CC(C(=O)O)CC(C2CCCNC2)N1. The van der Waals surface area contributed by atoms with Crippen LogP contribution >= 0.6 is 0 Å². The third-order valence-corrected chi connectivity index (χ3v) is 3.93. The molecular weight excluding hydrogens is 204 g/mol. The molecule has 3 N–H and O–H groups in total. The summed E-state index contributed by atoms with van der Waals surface area (Å²) in [5.74, 6) is -0.163. The van der Waals surface area contributed by atoms with Gasteiger partial charge in [0, 0.05) is 12.1 Å². The Labute approximate surface area is 96.8 Å². The highest BCUT2D eigenvalue weighted by atomic mass is 16.4. The summed E-state index contributed by atoms with van der Waals surface area (Å²) in [5, 5.41) is 16.1. The van der Waals surface area contributed by atoms with E-state index in [1.54, 1.807) is 0 Å². The molecule has 0 aromatic heterocycles. The zero-order valence-corrected chi connectivity index (χ0v) is 9.91. The van der Waals surface area contributed by atoms with Gasteiger partial charge in [-0.25, -0.2) is 0 Å². The second-order valence-corrected chi connectivity index (χ2v) is 5.29. The van der Waals surface area contributed by atoms with Crippen molar-refractivity contribution in [3.05, 3.63) is 0 Å². The highest BCUT2D eigenvalue weighted by Gasteiger charge is 2.34. The fourth-order valence-corrected chi connectivity index (χ4v) is 3.08. The van der Waals surface area contributed by atoms with Crippen molar-refractivity contribution >= 4 is 5.97 Å². The van der Waals surface area contributed by atoms with E-state index in [-0.39, 0.29) is 5.92 Å². The van der Waals surface area contributed by atoms with Crippen LogP contribution in [0.2, 0.25) is 0 Å². The van der Waals surface area contributed by atoms with E-state index in [0.29, 0.717) is 18.0 Å². The van der Waals surface area contributed by atoms with E-state index < -0.39 is 5.97 Å². The molecule has 4 heteroatoms. The summed E-state index contributed by atoms with van der Waals surface area (Å²) in [5.41, 5.74) is 0. The molecule has 2 fully saturated rings. The van der Waals surface area contributed by atoms with Crippen molar-refractivity contribution < 1.29 is 9.90 Å². The number of aliphatic carboxylic acids is 1. The fourth-order valence-electron chi connectivity index (χ4n) is 3.08. The number of rotatable bonds is 2. The average molecular weight is 226 g/mol. The third kappa shape index (κ3) is 2.74. The van der Waals surface area contributed by atoms with Crippen LogP contribution in [0.4, 0.5) is 0 Å². The van der Waals surface area contributed by atoms with Gasteiger partial charge in [0.2, 0.25) is 0 Å². The van der Waals surface area contributed by atoms with Crippen molar-refractivity contribution in [1.82, 2.24) is 10.6 Å². The van der Waals surface area contributed by atoms with Gasteiger partial charge in [-0.15, -0.1) is 0 Å². The largest absolute Gasteiger partial charge is 0.481 e. The lowest BCUT2D eigenvalue weighted by molar-refractivity contribution is -0.143. The Morgan fingerprint density at radius 2 is 2.19 bits per heavy atom. The Balaban J connectivity index is 1.95. The first kappa shape index (κ1) is 11.9. The molecule has 0 aliphatic carbocycles. The van der Waals surface area contributed by atoms with Crippen molar-refractivity contribution in [3.8, 4) is 0 Å². The number of carboxylic acid groups (broad SMARTS) is 1. The summed E-state index contributed by atoms with van der Waals surface area (Å²) in [6, 6.07) is 0.722. The Kier molecular flexibility index (Phi) is 3.82. The molecule has 2 saturated heterocycles. The summed E-state index contributed by atoms with van der Waals surface area (Å²) >= 11 is 0. The van der Waals surface area contributed by atoms with Crippen molar-refractivity contribution in [1.29, 1.82) is 0 Å². The standard InChI is InChI=1S/C12H22N2O2/c1-8-5-10(12(15)16)6-11(14-8)9-3-2-4-13-7-9/h8-11,13-14H,2-7H2,1H3,(H,15,16). The van der Waals surface area contributed by atoms with Crippen LogP contribution in [0.3, 0.4) is 0 Å². The minimum absolute atomic E-state index is 0.150. The maximum atomic E-state index is 11.1. The van der Waals surface area contributed by atoms with Crippen LogP contribution < -0.4 is 10.6 Å². The molecule has 0 spiro atoms. The van der Waals surface area contributed by atoms with Crippen LogP contribution in [0, 0.1) is 11.8 Å². The van der Waals surface area contributed by atoms with Crippen LogP contribution in [-0.2, 0) is 4.79 Å². The fraction of sp³-hybridized carbons (Fsp3) is 0.917. The molecule has 0 bridgehead atoms. The van der Waals surface area contributed by atoms with E-state index in [4.69, 9.17) is 5.11 Å². The van der Waals surface area contributed by atoms with Crippen LogP contribution in [0.1, 0.15) is 32.6 Å². The van der Waals surface area contributed by atoms with Crippen molar-refractivity contribution in [2.45, 2.75) is 44.7 Å². The second-order valence-electron chi connectivity index (χ2n) is 5.29. The quantitative estimate of drug-likeness (QED) is 0.652. The zero-order valence-electron chi connectivity index (χ0n) is 9.91. The normalized spacial score (nSPS) is 40.6. The Morgan fingerprint density at radius 3 is 2.81 bits per heavy atom.